The minimum absolute atomic E-state index is 0. The fraction of sp³-hybridized carbons (Fsp3) is 0.778. The highest BCUT2D eigenvalue weighted by Gasteiger charge is 2.30. The van der Waals surface area contributed by atoms with Crippen molar-refractivity contribution < 1.29 is 4.79 Å². The number of hydrogen-bond donors (Lipinski definition) is 1. The van der Waals surface area contributed by atoms with Gasteiger partial charge in [-0.15, -0.1) is 12.4 Å². The molecule has 0 radical (unpaired) electrons. The normalized spacial score (nSPS) is 19.3. The fourth-order valence-corrected chi connectivity index (χ4v) is 3.58. The summed E-state index contributed by atoms with van der Waals surface area (Å²) in [5.41, 5.74) is 9.29. The van der Waals surface area contributed by atoms with Crippen LogP contribution in [0.15, 0.2) is 0 Å². The first kappa shape index (κ1) is 21.0. The second-order valence-electron chi connectivity index (χ2n) is 7.41. The van der Waals surface area contributed by atoms with Crippen LogP contribution in [0.1, 0.15) is 57.0 Å². The third-order valence-corrected chi connectivity index (χ3v) is 4.87. The van der Waals surface area contributed by atoms with Crippen molar-refractivity contribution in [3.8, 4) is 0 Å². The molecular weight excluding hydrogens is 324 g/mol. The van der Waals surface area contributed by atoms with E-state index in [1.807, 2.05) is 23.4 Å². The number of rotatable bonds is 5. The standard InChI is InChI=1S/C18H32N4O.ClH/c1-12(2)11-22-15(5)16(14(4)20-22)10-18(23)21-9-7-6-8-17(21)13(3)19;/h12-13,17H,6-11,19H2,1-5H3;1H. The van der Waals surface area contributed by atoms with E-state index in [0.717, 1.165) is 42.9 Å². The number of carbonyl (C=O) groups excluding carboxylic acids is 1. The van der Waals surface area contributed by atoms with Crippen LogP contribution in [0.5, 0.6) is 0 Å². The summed E-state index contributed by atoms with van der Waals surface area (Å²) < 4.78 is 2.04. The Balaban J connectivity index is 0.00000288. The SMILES string of the molecule is Cc1nn(CC(C)C)c(C)c1CC(=O)N1CCCCC1C(C)N.Cl. The van der Waals surface area contributed by atoms with Gasteiger partial charge in [-0.25, -0.2) is 0 Å². The molecule has 2 N–H and O–H groups in total. The van der Waals surface area contributed by atoms with Crippen LogP contribution in [0.25, 0.3) is 0 Å². The molecule has 0 aromatic carbocycles. The van der Waals surface area contributed by atoms with Gasteiger partial charge in [-0.1, -0.05) is 13.8 Å². The Hall–Kier alpha value is -1.07. The highest BCUT2D eigenvalue weighted by atomic mass is 35.5. The number of halogens is 1. The molecule has 1 aromatic rings. The van der Waals surface area contributed by atoms with E-state index in [9.17, 15) is 4.79 Å². The van der Waals surface area contributed by atoms with Crippen LogP contribution < -0.4 is 5.73 Å². The number of amides is 1. The minimum atomic E-state index is 0. The Kier molecular flexibility index (Phi) is 7.74. The molecule has 1 fully saturated rings. The first-order chi connectivity index (χ1) is 10.8. The molecule has 24 heavy (non-hydrogen) atoms. The van der Waals surface area contributed by atoms with Gasteiger partial charge in [-0.3, -0.25) is 9.48 Å². The maximum atomic E-state index is 12.9. The number of hydrogen-bond acceptors (Lipinski definition) is 3. The summed E-state index contributed by atoms with van der Waals surface area (Å²) >= 11 is 0. The lowest BCUT2D eigenvalue weighted by Crippen LogP contribution is -2.52. The second kappa shape index (κ2) is 8.86. The van der Waals surface area contributed by atoms with E-state index in [2.05, 4.69) is 25.9 Å². The molecule has 1 amide bonds. The Morgan fingerprint density at radius 3 is 2.54 bits per heavy atom. The van der Waals surface area contributed by atoms with E-state index in [1.165, 1.54) is 6.42 Å². The Bertz CT molecular complexity index is 553. The van der Waals surface area contributed by atoms with Gasteiger partial charge in [-0.05, 0) is 46.0 Å². The van der Waals surface area contributed by atoms with E-state index in [4.69, 9.17) is 5.73 Å². The molecule has 0 bridgehead atoms. The van der Waals surface area contributed by atoms with Gasteiger partial charge >= 0.3 is 0 Å². The molecule has 2 rings (SSSR count). The van der Waals surface area contributed by atoms with E-state index < -0.39 is 0 Å². The molecule has 1 aromatic heterocycles. The van der Waals surface area contributed by atoms with Gasteiger partial charge in [0.2, 0.25) is 5.91 Å². The van der Waals surface area contributed by atoms with Gasteiger partial charge in [0.15, 0.2) is 0 Å². The molecule has 0 saturated carbocycles. The zero-order valence-electron chi connectivity index (χ0n) is 15.7. The van der Waals surface area contributed by atoms with Crippen LogP contribution in [0.4, 0.5) is 0 Å². The predicted octanol–water partition coefficient (Wildman–Crippen LogP) is 2.85. The quantitative estimate of drug-likeness (QED) is 0.882. The monoisotopic (exact) mass is 356 g/mol. The number of aryl methyl sites for hydroxylation is 1. The lowest BCUT2D eigenvalue weighted by molar-refractivity contribution is -0.134. The van der Waals surface area contributed by atoms with Gasteiger partial charge in [0.05, 0.1) is 12.1 Å². The molecule has 1 aliphatic heterocycles. The lowest BCUT2D eigenvalue weighted by atomic mass is 9.96. The molecule has 5 nitrogen and oxygen atoms in total. The maximum Gasteiger partial charge on any atom is 0.227 e. The molecule has 1 aliphatic rings. The minimum Gasteiger partial charge on any atom is -0.338 e. The van der Waals surface area contributed by atoms with Gasteiger partial charge in [-0.2, -0.15) is 5.10 Å². The highest BCUT2D eigenvalue weighted by Crippen LogP contribution is 2.22. The highest BCUT2D eigenvalue weighted by molar-refractivity contribution is 5.85. The average molecular weight is 357 g/mol. The van der Waals surface area contributed by atoms with Gasteiger partial charge in [0, 0.05) is 36.4 Å². The summed E-state index contributed by atoms with van der Waals surface area (Å²) in [5.74, 6) is 0.739. The van der Waals surface area contributed by atoms with Crippen LogP contribution >= 0.6 is 12.4 Å². The zero-order chi connectivity index (χ0) is 17.1. The van der Waals surface area contributed by atoms with Crippen molar-refractivity contribution in [2.45, 2.75) is 78.9 Å². The zero-order valence-corrected chi connectivity index (χ0v) is 16.5. The van der Waals surface area contributed by atoms with E-state index in [1.54, 1.807) is 0 Å². The summed E-state index contributed by atoms with van der Waals surface area (Å²) in [6.45, 7) is 12.2. The second-order valence-corrected chi connectivity index (χ2v) is 7.41. The summed E-state index contributed by atoms with van der Waals surface area (Å²) in [7, 11) is 0. The third kappa shape index (κ3) is 4.73. The molecule has 2 heterocycles. The van der Waals surface area contributed by atoms with Crippen molar-refractivity contribution in [3.63, 3.8) is 0 Å². The van der Waals surface area contributed by atoms with Gasteiger partial charge < -0.3 is 10.6 Å². The van der Waals surface area contributed by atoms with E-state index in [-0.39, 0.29) is 30.4 Å². The van der Waals surface area contributed by atoms with Crippen molar-refractivity contribution >= 4 is 18.3 Å². The number of carbonyl (C=O) groups is 1. The van der Waals surface area contributed by atoms with Crippen molar-refractivity contribution in [2.75, 3.05) is 6.54 Å². The van der Waals surface area contributed by atoms with Crippen molar-refractivity contribution in [2.24, 2.45) is 11.7 Å². The Morgan fingerprint density at radius 1 is 1.29 bits per heavy atom. The Morgan fingerprint density at radius 2 is 1.96 bits per heavy atom. The summed E-state index contributed by atoms with van der Waals surface area (Å²) in [6, 6.07) is 0.215. The molecule has 6 heteroatoms. The first-order valence-electron chi connectivity index (χ1n) is 8.89. The summed E-state index contributed by atoms with van der Waals surface area (Å²) in [5, 5.41) is 4.62. The van der Waals surface area contributed by atoms with E-state index >= 15 is 0 Å². The third-order valence-electron chi connectivity index (χ3n) is 4.87. The summed E-state index contributed by atoms with van der Waals surface area (Å²) in [6.07, 6.45) is 3.72. The van der Waals surface area contributed by atoms with Crippen molar-refractivity contribution in [1.82, 2.24) is 14.7 Å². The average Bonchev–Trinajstić information content (AvgIpc) is 2.74. The van der Waals surface area contributed by atoms with Gasteiger partial charge in [0.25, 0.3) is 0 Å². The first-order valence-corrected chi connectivity index (χ1v) is 8.89. The fourth-order valence-electron chi connectivity index (χ4n) is 3.58. The van der Waals surface area contributed by atoms with Crippen molar-refractivity contribution in [1.29, 1.82) is 0 Å². The van der Waals surface area contributed by atoms with Crippen LogP contribution in [0, 0.1) is 19.8 Å². The number of piperidine rings is 1. The lowest BCUT2D eigenvalue weighted by Gasteiger charge is -2.38. The summed E-state index contributed by atoms with van der Waals surface area (Å²) in [4.78, 5) is 14.9. The maximum absolute atomic E-state index is 12.9. The van der Waals surface area contributed by atoms with Crippen LogP contribution in [-0.2, 0) is 17.8 Å². The van der Waals surface area contributed by atoms with Crippen LogP contribution in [0.2, 0.25) is 0 Å². The number of nitrogens with two attached hydrogens (primary N) is 1. The molecule has 2 atom stereocenters. The van der Waals surface area contributed by atoms with Crippen LogP contribution in [0.3, 0.4) is 0 Å². The Labute approximate surface area is 152 Å². The molecule has 0 aliphatic carbocycles. The van der Waals surface area contributed by atoms with E-state index in [0.29, 0.717) is 12.3 Å². The number of aromatic nitrogens is 2. The smallest absolute Gasteiger partial charge is 0.227 e. The molecule has 2 unspecified atom stereocenters. The molecule has 138 valence electrons. The van der Waals surface area contributed by atoms with Crippen LogP contribution in [-0.4, -0.2) is 39.2 Å². The largest absolute Gasteiger partial charge is 0.338 e. The molecular formula is C18H33ClN4O. The van der Waals surface area contributed by atoms with Crippen molar-refractivity contribution in [3.05, 3.63) is 17.0 Å². The predicted molar refractivity (Wildman–Crippen MR) is 100 cm³/mol. The topological polar surface area (TPSA) is 64.2 Å². The molecule has 1 saturated heterocycles. The number of nitrogens with zero attached hydrogens (tertiary/aromatic N) is 3. The number of likely N-dealkylation sites (tertiary alicyclic amines) is 1. The van der Waals surface area contributed by atoms with Gasteiger partial charge in [0.1, 0.15) is 0 Å². The molecule has 0 spiro atoms.